The van der Waals surface area contributed by atoms with E-state index in [2.05, 4.69) is 29.0 Å². The molecule has 2 heterocycles. The van der Waals surface area contributed by atoms with Crippen LogP contribution in [0.4, 0.5) is 5.13 Å². The summed E-state index contributed by atoms with van der Waals surface area (Å²) in [4.78, 5) is 31.6. The summed E-state index contributed by atoms with van der Waals surface area (Å²) in [6.45, 7) is 10.5. The van der Waals surface area contributed by atoms with Gasteiger partial charge in [-0.1, -0.05) is 13.0 Å². The number of nitrogens with one attached hydrogen (secondary N) is 1. The van der Waals surface area contributed by atoms with E-state index >= 15 is 0 Å². The second-order valence-electron chi connectivity index (χ2n) is 8.63. The average Bonchev–Trinajstić information content (AvgIpc) is 3.24. The Morgan fingerprint density at radius 3 is 2.77 bits per heavy atom. The number of hydrogen-bond acceptors (Lipinski definition) is 7. The topological polar surface area (TPSA) is 80.8 Å². The Labute approximate surface area is 186 Å². The molecule has 0 spiro atoms. The van der Waals surface area contributed by atoms with Crippen molar-refractivity contribution < 1.29 is 19.1 Å². The fourth-order valence-corrected chi connectivity index (χ4v) is 5.32. The average molecular weight is 444 g/mol. The van der Waals surface area contributed by atoms with Gasteiger partial charge in [-0.2, -0.15) is 0 Å². The number of benzene rings is 1. The van der Waals surface area contributed by atoms with Crippen LogP contribution in [0, 0.1) is 6.92 Å². The fourth-order valence-electron chi connectivity index (χ4n) is 4.61. The monoisotopic (exact) mass is 443 g/mol. The van der Waals surface area contributed by atoms with Crippen molar-refractivity contribution in [1.29, 1.82) is 0 Å². The molecule has 2 aromatic rings. The standard InChI is InChI=1S/C23H29N3O4S/c1-13-5-6-19(22-18(27)7-14(2)21(13)22)29-11-20(28)25-23-24-17(12-31-23)10-26-8-15(3)30-16(4)9-26/h5-6,12,14-16H,7-11H2,1-4H3,(H,24,25,28)/t14-,15-,16+/m0/s1. The van der Waals surface area contributed by atoms with Gasteiger partial charge in [-0.15, -0.1) is 11.3 Å². The molecule has 0 radical (unpaired) electrons. The number of carbonyl (C=O) groups is 2. The second kappa shape index (κ2) is 9.06. The number of amides is 1. The molecule has 4 rings (SSSR count). The molecule has 1 saturated heterocycles. The van der Waals surface area contributed by atoms with E-state index in [9.17, 15) is 9.59 Å². The SMILES string of the molecule is Cc1ccc(OCC(=O)Nc2nc(CN3C[C@@H](C)O[C@@H](C)C3)cs2)c2c1[C@@H](C)CC2=O. The number of aryl methyl sites for hydroxylation is 1. The van der Waals surface area contributed by atoms with Crippen molar-refractivity contribution >= 4 is 28.2 Å². The number of Topliss-reactive ketones (excluding diaryl/α,β-unsaturated/α-hetero) is 1. The highest BCUT2D eigenvalue weighted by Gasteiger charge is 2.31. The number of hydrogen-bond donors (Lipinski definition) is 1. The first-order chi connectivity index (χ1) is 14.8. The number of morpholine rings is 1. The smallest absolute Gasteiger partial charge is 0.264 e. The van der Waals surface area contributed by atoms with Crippen LogP contribution in [0.5, 0.6) is 5.75 Å². The Bertz CT molecular complexity index is 979. The van der Waals surface area contributed by atoms with E-state index in [0.29, 0.717) is 22.9 Å². The van der Waals surface area contributed by atoms with E-state index in [1.54, 1.807) is 6.07 Å². The fraction of sp³-hybridized carbons (Fsp3) is 0.522. The molecule has 31 heavy (non-hydrogen) atoms. The quantitative estimate of drug-likeness (QED) is 0.732. The number of rotatable bonds is 6. The predicted molar refractivity (Wildman–Crippen MR) is 120 cm³/mol. The lowest BCUT2D eigenvalue weighted by Gasteiger charge is -2.34. The van der Waals surface area contributed by atoms with Crippen LogP contribution in [0.25, 0.3) is 0 Å². The van der Waals surface area contributed by atoms with Crippen molar-refractivity contribution in [3.05, 3.63) is 39.9 Å². The summed E-state index contributed by atoms with van der Waals surface area (Å²) in [5, 5.41) is 5.32. The third-order valence-corrected chi connectivity index (χ3v) is 6.53. The number of ether oxygens (including phenoxy) is 2. The maximum absolute atomic E-state index is 12.4. The van der Waals surface area contributed by atoms with Crippen LogP contribution in [-0.4, -0.2) is 53.5 Å². The minimum absolute atomic E-state index is 0.0814. The molecule has 1 aromatic heterocycles. The first kappa shape index (κ1) is 21.9. The zero-order chi connectivity index (χ0) is 22.1. The molecule has 0 unspecified atom stereocenters. The van der Waals surface area contributed by atoms with E-state index in [1.165, 1.54) is 11.3 Å². The molecule has 166 valence electrons. The number of anilines is 1. The summed E-state index contributed by atoms with van der Waals surface area (Å²) >= 11 is 1.40. The molecule has 1 aliphatic carbocycles. The number of nitrogens with zero attached hydrogens (tertiary/aromatic N) is 2. The number of fused-ring (bicyclic) bond motifs is 1. The summed E-state index contributed by atoms with van der Waals surface area (Å²) in [6.07, 6.45) is 0.902. The summed E-state index contributed by atoms with van der Waals surface area (Å²) in [5.74, 6) is 0.465. The zero-order valence-corrected chi connectivity index (χ0v) is 19.3. The van der Waals surface area contributed by atoms with Gasteiger partial charge in [0, 0.05) is 31.4 Å². The first-order valence-electron chi connectivity index (χ1n) is 10.7. The molecule has 0 saturated carbocycles. The molecule has 7 nitrogen and oxygen atoms in total. The molecule has 8 heteroatoms. The summed E-state index contributed by atoms with van der Waals surface area (Å²) in [6, 6.07) is 3.73. The van der Waals surface area contributed by atoms with Gasteiger partial charge >= 0.3 is 0 Å². The maximum atomic E-state index is 12.4. The maximum Gasteiger partial charge on any atom is 0.264 e. The van der Waals surface area contributed by atoms with E-state index in [1.807, 2.05) is 25.3 Å². The number of ketones is 1. The van der Waals surface area contributed by atoms with Gasteiger partial charge < -0.3 is 9.47 Å². The second-order valence-corrected chi connectivity index (χ2v) is 9.49. The Morgan fingerprint density at radius 1 is 1.29 bits per heavy atom. The largest absolute Gasteiger partial charge is 0.483 e. The number of carbonyl (C=O) groups excluding carboxylic acids is 2. The Morgan fingerprint density at radius 2 is 2.03 bits per heavy atom. The van der Waals surface area contributed by atoms with Crippen LogP contribution in [0.1, 0.15) is 60.3 Å². The van der Waals surface area contributed by atoms with Crippen LogP contribution >= 0.6 is 11.3 Å². The van der Waals surface area contributed by atoms with Gasteiger partial charge in [-0.25, -0.2) is 4.98 Å². The van der Waals surface area contributed by atoms with Crippen LogP contribution in [0.15, 0.2) is 17.5 Å². The van der Waals surface area contributed by atoms with Crippen LogP contribution in [0.2, 0.25) is 0 Å². The zero-order valence-electron chi connectivity index (χ0n) is 18.4. The Hall–Kier alpha value is -2.29. The molecule has 2 aliphatic rings. The molecular formula is C23H29N3O4S. The van der Waals surface area contributed by atoms with E-state index in [4.69, 9.17) is 9.47 Å². The van der Waals surface area contributed by atoms with Gasteiger partial charge in [0.1, 0.15) is 5.75 Å². The van der Waals surface area contributed by atoms with Gasteiger partial charge in [-0.05, 0) is 43.9 Å². The minimum atomic E-state index is -0.290. The lowest BCUT2D eigenvalue weighted by atomic mass is 9.97. The van der Waals surface area contributed by atoms with E-state index < -0.39 is 0 Å². The highest BCUT2D eigenvalue weighted by atomic mass is 32.1. The third-order valence-electron chi connectivity index (χ3n) is 5.73. The van der Waals surface area contributed by atoms with E-state index in [0.717, 1.165) is 36.5 Å². The Kier molecular flexibility index (Phi) is 6.41. The minimum Gasteiger partial charge on any atom is -0.483 e. The van der Waals surface area contributed by atoms with Gasteiger partial charge in [-0.3, -0.25) is 19.8 Å². The third kappa shape index (κ3) is 4.97. The summed E-state index contributed by atoms with van der Waals surface area (Å²) in [7, 11) is 0. The summed E-state index contributed by atoms with van der Waals surface area (Å²) in [5.41, 5.74) is 3.69. The van der Waals surface area contributed by atoms with Gasteiger partial charge in [0.05, 0.1) is 23.5 Å². The number of aromatic nitrogens is 1. The molecule has 3 atom stereocenters. The van der Waals surface area contributed by atoms with Gasteiger partial charge in [0.2, 0.25) is 0 Å². The van der Waals surface area contributed by atoms with Gasteiger partial charge in [0.15, 0.2) is 17.5 Å². The molecule has 1 amide bonds. The highest BCUT2D eigenvalue weighted by molar-refractivity contribution is 7.13. The summed E-state index contributed by atoms with van der Waals surface area (Å²) < 4.78 is 11.5. The number of thiazole rings is 1. The molecule has 1 fully saturated rings. The lowest BCUT2D eigenvalue weighted by Crippen LogP contribution is -2.44. The molecular weight excluding hydrogens is 414 g/mol. The van der Waals surface area contributed by atoms with Crippen molar-refractivity contribution in [3.8, 4) is 5.75 Å². The van der Waals surface area contributed by atoms with Crippen LogP contribution in [0.3, 0.4) is 0 Å². The van der Waals surface area contributed by atoms with Crippen LogP contribution in [-0.2, 0) is 16.1 Å². The van der Waals surface area contributed by atoms with Gasteiger partial charge in [0.25, 0.3) is 5.91 Å². The van der Waals surface area contributed by atoms with Crippen molar-refractivity contribution in [2.75, 3.05) is 25.0 Å². The van der Waals surface area contributed by atoms with Crippen molar-refractivity contribution in [2.24, 2.45) is 0 Å². The van der Waals surface area contributed by atoms with Crippen molar-refractivity contribution in [3.63, 3.8) is 0 Å². The molecule has 1 aromatic carbocycles. The Balaban J connectivity index is 1.33. The molecule has 0 bridgehead atoms. The first-order valence-corrected chi connectivity index (χ1v) is 11.6. The lowest BCUT2D eigenvalue weighted by molar-refractivity contribution is -0.118. The van der Waals surface area contributed by atoms with Crippen molar-refractivity contribution in [2.45, 2.75) is 58.8 Å². The van der Waals surface area contributed by atoms with Crippen LogP contribution < -0.4 is 10.1 Å². The highest BCUT2D eigenvalue weighted by Crippen LogP contribution is 2.40. The molecule has 1 aliphatic heterocycles. The predicted octanol–water partition coefficient (Wildman–Crippen LogP) is 3.77. The molecule has 1 N–H and O–H groups in total. The van der Waals surface area contributed by atoms with E-state index in [-0.39, 0.29) is 36.4 Å². The van der Waals surface area contributed by atoms with Crippen molar-refractivity contribution in [1.82, 2.24) is 9.88 Å². The normalized spacial score (nSPS) is 23.6.